The van der Waals surface area contributed by atoms with E-state index < -0.39 is 0 Å². The van der Waals surface area contributed by atoms with Gasteiger partial charge in [-0.3, -0.25) is 9.89 Å². The van der Waals surface area contributed by atoms with Crippen molar-refractivity contribution in [1.29, 1.82) is 0 Å². The molecule has 2 heterocycles. The highest BCUT2D eigenvalue weighted by Crippen LogP contribution is 2.23. The quantitative estimate of drug-likeness (QED) is 0.580. The minimum absolute atomic E-state index is 0.253. The summed E-state index contributed by atoms with van der Waals surface area (Å²) in [5.41, 5.74) is 8.84. The summed E-state index contributed by atoms with van der Waals surface area (Å²) in [7, 11) is 1.69. The van der Waals surface area contributed by atoms with Crippen LogP contribution in [-0.2, 0) is 0 Å². The first-order valence-electron chi connectivity index (χ1n) is 11.1. The molecule has 3 N–H and O–H groups in total. The molecule has 1 aliphatic rings. The third-order valence-electron chi connectivity index (χ3n) is 5.59. The van der Waals surface area contributed by atoms with Crippen molar-refractivity contribution >= 4 is 22.5 Å². The van der Waals surface area contributed by atoms with E-state index in [0.29, 0.717) is 34.6 Å². The number of hydrogen-bond acceptors (Lipinski definition) is 6. The van der Waals surface area contributed by atoms with Crippen LogP contribution in [0, 0.1) is 5.41 Å². The van der Waals surface area contributed by atoms with E-state index in [1.165, 1.54) is 25.7 Å². The Bertz CT molecular complexity index is 732. The van der Waals surface area contributed by atoms with Crippen molar-refractivity contribution in [2.75, 3.05) is 33.2 Å². The van der Waals surface area contributed by atoms with Crippen molar-refractivity contribution in [3.05, 3.63) is 23.1 Å². The van der Waals surface area contributed by atoms with Gasteiger partial charge in [0.05, 0.1) is 5.70 Å². The number of aromatic nitrogens is 1. The third-order valence-corrected chi connectivity index (χ3v) is 5.99. The number of halogens is 1. The summed E-state index contributed by atoms with van der Waals surface area (Å²) in [5.74, 6) is 1.07. The van der Waals surface area contributed by atoms with Gasteiger partial charge in [0.25, 0.3) is 0 Å². The molecule has 0 saturated carbocycles. The van der Waals surface area contributed by atoms with Gasteiger partial charge in [0.2, 0.25) is 0 Å². The van der Waals surface area contributed by atoms with E-state index >= 15 is 0 Å². The Labute approximate surface area is 187 Å². The zero-order valence-corrected chi connectivity index (χ0v) is 20.4. The van der Waals surface area contributed by atoms with Gasteiger partial charge in [-0.25, -0.2) is 0 Å². The van der Waals surface area contributed by atoms with Crippen LogP contribution in [0.3, 0.4) is 0 Å². The molecule has 1 atom stereocenters. The van der Waals surface area contributed by atoms with Crippen LogP contribution in [0.2, 0.25) is 0 Å². The Kier molecular flexibility index (Phi) is 9.38. The minimum Gasteiger partial charge on any atom is -0.397 e. The molecule has 0 radical (unpaired) electrons. The summed E-state index contributed by atoms with van der Waals surface area (Å²) in [5, 5.41) is 8.36. The molecule has 2 rings (SSSR count). The highest BCUT2D eigenvalue weighted by Gasteiger charge is 2.23. The first kappa shape index (κ1) is 24.9. The molecule has 0 bridgehead atoms. The van der Waals surface area contributed by atoms with Crippen molar-refractivity contribution in [3.8, 4) is 0 Å². The number of hydrogen-bond donors (Lipinski definition) is 2. The second-order valence-electron chi connectivity index (χ2n) is 9.87. The molecular formula is C23H40ClN5O. The molecule has 30 heavy (non-hydrogen) atoms. The molecule has 1 unspecified atom stereocenters. The van der Waals surface area contributed by atoms with Gasteiger partial charge >= 0.3 is 0 Å². The number of nitrogens with two attached hydrogens (primary N) is 1. The number of rotatable bonds is 8. The summed E-state index contributed by atoms with van der Waals surface area (Å²) in [6, 6.07) is 2.38. The fourth-order valence-corrected chi connectivity index (χ4v) is 3.81. The molecule has 0 amide bonds. The fourth-order valence-electron chi connectivity index (χ4n) is 3.64. The Morgan fingerprint density at radius 1 is 1.40 bits per heavy atom. The molecule has 1 saturated heterocycles. The number of nitrogens with zero attached hydrogens (tertiary/aromatic N) is 3. The lowest BCUT2D eigenvalue weighted by molar-refractivity contribution is 0.272. The summed E-state index contributed by atoms with van der Waals surface area (Å²) in [4.78, 5) is 6.64. The number of likely N-dealkylation sites (tertiary alicyclic amines) is 1. The van der Waals surface area contributed by atoms with E-state index in [1.807, 2.05) is 6.07 Å². The Morgan fingerprint density at radius 3 is 2.73 bits per heavy atom. The van der Waals surface area contributed by atoms with Crippen LogP contribution in [-0.4, -0.2) is 54.5 Å². The summed E-state index contributed by atoms with van der Waals surface area (Å²) in [6.07, 6.45) is 4.77. The smallest absolute Gasteiger partial charge is 0.139 e. The minimum atomic E-state index is 0.253. The number of aliphatic imine (C=N–C) groups is 1. The molecule has 1 aromatic heterocycles. The zero-order valence-electron chi connectivity index (χ0n) is 19.6. The van der Waals surface area contributed by atoms with Crippen LogP contribution in [0.15, 0.2) is 21.2 Å². The van der Waals surface area contributed by atoms with Gasteiger partial charge in [-0.15, -0.1) is 0 Å². The van der Waals surface area contributed by atoms with Gasteiger partial charge in [-0.1, -0.05) is 57.8 Å². The van der Waals surface area contributed by atoms with E-state index in [1.54, 1.807) is 7.05 Å². The predicted molar refractivity (Wildman–Crippen MR) is 127 cm³/mol. The third kappa shape index (κ3) is 7.71. The highest BCUT2D eigenvalue weighted by atomic mass is 35.5. The van der Waals surface area contributed by atoms with E-state index in [2.05, 4.69) is 55.0 Å². The van der Waals surface area contributed by atoms with Crippen molar-refractivity contribution in [3.63, 3.8) is 0 Å². The fraction of sp³-hybridized carbons (Fsp3) is 0.739. The molecule has 0 aromatic carbocycles. The van der Waals surface area contributed by atoms with Gasteiger partial charge in [0.15, 0.2) is 0 Å². The maximum atomic E-state index is 6.50. The normalized spacial score (nSPS) is 20.4. The molecule has 0 spiro atoms. The maximum Gasteiger partial charge on any atom is 0.139 e. The van der Waals surface area contributed by atoms with Gasteiger partial charge < -0.3 is 15.6 Å². The topological polar surface area (TPSA) is 79.7 Å². The average molecular weight is 438 g/mol. The Morgan fingerprint density at radius 2 is 2.13 bits per heavy atom. The van der Waals surface area contributed by atoms with Gasteiger partial charge in [0.1, 0.15) is 16.6 Å². The Balaban J connectivity index is 2.14. The molecule has 1 aromatic rings. The average Bonchev–Trinajstić information content (AvgIpc) is 3.07. The van der Waals surface area contributed by atoms with Crippen molar-refractivity contribution < 1.29 is 4.52 Å². The summed E-state index contributed by atoms with van der Waals surface area (Å²) >= 11 is 6.49. The molecule has 170 valence electrons. The lowest BCUT2D eigenvalue weighted by Gasteiger charge is -2.27. The lowest BCUT2D eigenvalue weighted by atomic mass is 9.92. The molecule has 1 aliphatic heterocycles. The predicted octanol–water partition coefficient (Wildman–Crippen LogP) is 4.62. The molecule has 0 aliphatic carbocycles. The standard InChI is InChI=1S/C23H40ClN5O/c1-16(2)20-13-19(28-30-20)21(25)18(22(24)26-6)15-29-12-8-7-9-17(14-29)27-11-10-23(3,4)5/h13,16-17,27H,7-12,14-15,25H2,1-6H3/b21-18-,26-22?. The monoisotopic (exact) mass is 437 g/mol. The van der Waals surface area contributed by atoms with Crippen molar-refractivity contribution in [2.45, 2.75) is 72.3 Å². The van der Waals surface area contributed by atoms with Gasteiger partial charge in [0, 0.05) is 43.7 Å². The van der Waals surface area contributed by atoms with E-state index in [0.717, 1.165) is 31.0 Å². The molecule has 6 nitrogen and oxygen atoms in total. The van der Waals surface area contributed by atoms with Crippen LogP contribution in [0.4, 0.5) is 0 Å². The van der Waals surface area contributed by atoms with Crippen LogP contribution >= 0.6 is 11.6 Å². The number of nitrogens with one attached hydrogen (secondary N) is 1. The summed E-state index contributed by atoms with van der Waals surface area (Å²) < 4.78 is 5.44. The SMILES string of the molecule is CN=C(Cl)/C(CN1CCCCC(NCCC(C)(C)C)C1)=C(\N)c1cc(C(C)C)on1. The van der Waals surface area contributed by atoms with Crippen LogP contribution in [0.1, 0.15) is 77.7 Å². The molecule has 7 heteroatoms. The van der Waals surface area contributed by atoms with Crippen molar-refractivity contribution in [2.24, 2.45) is 16.1 Å². The second-order valence-corrected chi connectivity index (χ2v) is 10.2. The van der Waals surface area contributed by atoms with E-state index in [9.17, 15) is 0 Å². The van der Waals surface area contributed by atoms with Gasteiger partial charge in [-0.05, 0) is 37.8 Å². The van der Waals surface area contributed by atoms with E-state index in [-0.39, 0.29) is 5.92 Å². The first-order valence-corrected chi connectivity index (χ1v) is 11.5. The van der Waals surface area contributed by atoms with Crippen LogP contribution in [0.25, 0.3) is 5.70 Å². The molecular weight excluding hydrogens is 398 g/mol. The van der Waals surface area contributed by atoms with E-state index in [4.69, 9.17) is 21.9 Å². The first-order chi connectivity index (χ1) is 14.1. The Hall–Kier alpha value is -1.37. The van der Waals surface area contributed by atoms with Gasteiger partial charge in [-0.2, -0.15) is 0 Å². The zero-order chi connectivity index (χ0) is 22.3. The maximum absolute atomic E-state index is 6.50. The molecule has 1 fully saturated rings. The highest BCUT2D eigenvalue weighted by molar-refractivity contribution is 6.70. The van der Waals surface area contributed by atoms with Crippen LogP contribution in [0.5, 0.6) is 0 Å². The van der Waals surface area contributed by atoms with Crippen LogP contribution < -0.4 is 11.1 Å². The summed E-state index contributed by atoms with van der Waals surface area (Å²) in [6.45, 7) is 14.7. The lowest BCUT2D eigenvalue weighted by Crippen LogP contribution is -2.42. The second kappa shape index (κ2) is 11.3. The largest absolute Gasteiger partial charge is 0.397 e. The van der Waals surface area contributed by atoms with Crippen molar-refractivity contribution in [1.82, 2.24) is 15.4 Å².